The molecule has 0 aliphatic heterocycles. The SMILES string of the molecule is O=C(NCCCNCc1cccs1)c1cccc(Br)c1. The summed E-state index contributed by atoms with van der Waals surface area (Å²) in [6.45, 7) is 2.48. The van der Waals surface area contributed by atoms with Gasteiger partial charge < -0.3 is 10.6 Å². The van der Waals surface area contributed by atoms with E-state index in [0.717, 1.165) is 24.0 Å². The third-order valence-electron chi connectivity index (χ3n) is 2.78. The monoisotopic (exact) mass is 352 g/mol. The molecule has 0 atom stereocenters. The quantitative estimate of drug-likeness (QED) is 0.749. The topological polar surface area (TPSA) is 41.1 Å². The number of hydrogen-bond acceptors (Lipinski definition) is 3. The molecule has 0 saturated heterocycles. The largest absolute Gasteiger partial charge is 0.352 e. The fraction of sp³-hybridized carbons (Fsp3) is 0.267. The number of amides is 1. The van der Waals surface area contributed by atoms with Crippen molar-refractivity contribution in [2.45, 2.75) is 13.0 Å². The average molecular weight is 353 g/mol. The summed E-state index contributed by atoms with van der Waals surface area (Å²) in [5.41, 5.74) is 0.686. The summed E-state index contributed by atoms with van der Waals surface area (Å²) in [5, 5.41) is 8.36. The Bertz CT molecular complexity index is 543. The van der Waals surface area contributed by atoms with Crippen molar-refractivity contribution in [1.82, 2.24) is 10.6 Å². The fourth-order valence-electron chi connectivity index (χ4n) is 1.77. The zero-order valence-electron chi connectivity index (χ0n) is 11.1. The van der Waals surface area contributed by atoms with Crippen molar-refractivity contribution < 1.29 is 4.79 Å². The van der Waals surface area contributed by atoms with Crippen LogP contribution in [-0.2, 0) is 6.54 Å². The molecule has 0 unspecified atom stereocenters. The van der Waals surface area contributed by atoms with Gasteiger partial charge in [0.15, 0.2) is 0 Å². The van der Waals surface area contributed by atoms with Crippen LogP contribution in [-0.4, -0.2) is 19.0 Å². The Morgan fingerprint density at radius 3 is 2.85 bits per heavy atom. The van der Waals surface area contributed by atoms with E-state index in [-0.39, 0.29) is 5.91 Å². The molecule has 2 N–H and O–H groups in total. The number of benzene rings is 1. The van der Waals surface area contributed by atoms with Gasteiger partial charge in [0.2, 0.25) is 0 Å². The Morgan fingerprint density at radius 2 is 2.10 bits per heavy atom. The molecule has 5 heteroatoms. The summed E-state index contributed by atoms with van der Waals surface area (Å²) in [6.07, 6.45) is 0.922. The van der Waals surface area contributed by atoms with Crippen molar-refractivity contribution in [2.24, 2.45) is 0 Å². The van der Waals surface area contributed by atoms with Gasteiger partial charge in [-0.25, -0.2) is 0 Å². The minimum atomic E-state index is -0.0236. The van der Waals surface area contributed by atoms with Crippen LogP contribution in [0.2, 0.25) is 0 Å². The summed E-state index contributed by atoms with van der Waals surface area (Å²) in [4.78, 5) is 13.2. The molecule has 0 aliphatic carbocycles. The molecule has 0 aliphatic rings. The predicted octanol–water partition coefficient (Wildman–Crippen LogP) is 3.42. The molecule has 1 aromatic carbocycles. The van der Waals surface area contributed by atoms with E-state index in [2.05, 4.69) is 44.1 Å². The second kappa shape index (κ2) is 8.19. The van der Waals surface area contributed by atoms with Crippen molar-refractivity contribution in [3.8, 4) is 0 Å². The van der Waals surface area contributed by atoms with Gasteiger partial charge in [-0.3, -0.25) is 4.79 Å². The van der Waals surface area contributed by atoms with Gasteiger partial charge in [0.05, 0.1) is 0 Å². The van der Waals surface area contributed by atoms with Crippen molar-refractivity contribution in [3.63, 3.8) is 0 Å². The Labute approximate surface area is 131 Å². The first-order valence-electron chi connectivity index (χ1n) is 6.52. The number of rotatable bonds is 7. The van der Waals surface area contributed by atoms with Gasteiger partial charge in [-0.05, 0) is 42.6 Å². The van der Waals surface area contributed by atoms with Gasteiger partial charge in [-0.2, -0.15) is 0 Å². The third-order valence-corrected chi connectivity index (χ3v) is 4.15. The number of hydrogen-bond donors (Lipinski definition) is 2. The van der Waals surface area contributed by atoms with Crippen LogP contribution in [0.15, 0.2) is 46.3 Å². The molecule has 0 bridgehead atoms. The molecule has 106 valence electrons. The van der Waals surface area contributed by atoms with Crippen LogP contribution in [0.5, 0.6) is 0 Å². The number of carbonyl (C=O) groups is 1. The van der Waals surface area contributed by atoms with Gasteiger partial charge in [0.25, 0.3) is 5.91 Å². The highest BCUT2D eigenvalue weighted by Crippen LogP contribution is 2.11. The summed E-state index contributed by atoms with van der Waals surface area (Å²) in [6, 6.07) is 11.6. The van der Waals surface area contributed by atoms with Gasteiger partial charge in [-0.1, -0.05) is 28.1 Å². The molecule has 0 saturated carbocycles. The van der Waals surface area contributed by atoms with Crippen molar-refractivity contribution in [2.75, 3.05) is 13.1 Å². The first-order chi connectivity index (χ1) is 9.75. The van der Waals surface area contributed by atoms with Crippen LogP contribution in [0.4, 0.5) is 0 Å². The Kier molecular flexibility index (Phi) is 6.24. The van der Waals surface area contributed by atoms with E-state index < -0.39 is 0 Å². The number of carbonyl (C=O) groups excluding carboxylic acids is 1. The predicted molar refractivity (Wildman–Crippen MR) is 87.1 cm³/mol. The van der Waals surface area contributed by atoms with Crippen LogP contribution in [0, 0.1) is 0 Å². The molecule has 0 fully saturated rings. The summed E-state index contributed by atoms with van der Waals surface area (Å²) in [5.74, 6) is -0.0236. The maximum absolute atomic E-state index is 11.9. The molecule has 1 heterocycles. The van der Waals surface area contributed by atoms with E-state index in [1.165, 1.54) is 4.88 Å². The molecule has 2 aromatic rings. The maximum Gasteiger partial charge on any atom is 0.251 e. The molecule has 0 spiro atoms. The highest BCUT2D eigenvalue weighted by Gasteiger charge is 2.04. The minimum Gasteiger partial charge on any atom is -0.352 e. The second-order valence-electron chi connectivity index (χ2n) is 4.38. The second-order valence-corrected chi connectivity index (χ2v) is 6.32. The highest BCUT2D eigenvalue weighted by atomic mass is 79.9. The van der Waals surface area contributed by atoms with Crippen LogP contribution in [0.1, 0.15) is 21.7 Å². The Balaban J connectivity index is 1.60. The van der Waals surface area contributed by atoms with Crippen LogP contribution in [0.25, 0.3) is 0 Å². The highest BCUT2D eigenvalue weighted by molar-refractivity contribution is 9.10. The van der Waals surface area contributed by atoms with Crippen molar-refractivity contribution in [3.05, 3.63) is 56.7 Å². The molecule has 1 amide bonds. The third kappa shape index (κ3) is 5.07. The lowest BCUT2D eigenvalue weighted by molar-refractivity contribution is 0.0953. The Morgan fingerprint density at radius 1 is 1.20 bits per heavy atom. The van der Waals surface area contributed by atoms with Gasteiger partial charge in [-0.15, -0.1) is 11.3 Å². The molecule has 1 aromatic heterocycles. The maximum atomic E-state index is 11.9. The summed E-state index contributed by atoms with van der Waals surface area (Å²) < 4.78 is 0.919. The van der Waals surface area contributed by atoms with E-state index in [0.29, 0.717) is 12.1 Å². The standard InChI is InChI=1S/C15H17BrN2OS/c16-13-5-1-4-12(10-13)15(19)18-8-3-7-17-11-14-6-2-9-20-14/h1-2,4-6,9-10,17H,3,7-8,11H2,(H,18,19). The number of halogens is 1. The van der Waals surface area contributed by atoms with Crippen LogP contribution in [0.3, 0.4) is 0 Å². The average Bonchev–Trinajstić information content (AvgIpc) is 2.95. The van der Waals surface area contributed by atoms with E-state index in [9.17, 15) is 4.79 Å². The molecule has 20 heavy (non-hydrogen) atoms. The van der Waals surface area contributed by atoms with Crippen molar-refractivity contribution in [1.29, 1.82) is 0 Å². The first-order valence-corrected chi connectivity index (χ1v) is 8.20. The normalized spacial score (nSPS) is 10.4. The summed E-state index contributed by atoms with van der Waals surface area (Å²) in [7, 11) is 0. The number of thiophene rings is 1. The van der Waals surface area contributed by atoms with E-state index in [4.69, 9.17) is 0 Å². The molecule has 0 radical (unpaired) electrons. The Hall–Kier alpha value is -1.17. The van der Waals surface area contributed by atoms with Crippen LogP contribution >= 0.6 is 27.3 Å². The smallest absolute Gasteiger partial charge is 0.251 e. The summed E-state index contributed by atoms with van der Waals surface area (Å²) >= 11 is 5.12. The zero-order chi connectivity index (χ0) is 14.2. The molecule has 2 rings (SSSR count). The van der Waals surface area contributed by atoms with Gasteiger partial charge in [0.1, 0.15) is 0 Å². The zero-order valence-corrected chi connectivity index (χ0v) is 13.5. The van der Waals surface area contributed by atoms with E-state index in [1.54, 1.807) is 11.3 Å². The van der Waals surface area contributed by atoms with E-state index in [1.807, 2.05) is 24.3 Å². The van der Waals surface area contributed by atoms with Gasteiger partial charge >= 0.3 is 0 Å². The van der Waals surface area contributed by atoms with Crippen molar-refractivity contribution >= 4 is 33.2 Å². The minimum absolute atomic E-state index is 0.0236. The first kappa shape index (κ1) is 15.2. The van der Waals surface area contributed by atoms with Crippen LogP contribution < -0.4 is 10.6 Å². The van der Waals surface area contributed by atoms with E-state index >= 15 is 0 Å². The molecular formula is C15H17BrN2OS. The lowest BCUT2D eigenvalue weighted by Gasteiger charge is -2.06. The lowest BCUT2D eigenvalue weighted by Crippen LogP contribution is -2.27. The number of nitrogens with one attached hydrogen (secondary N) is 2. The lowest BCUT2D eigenvalue weighted by atomic mass is 10.2. The molecular weight excluding hydrogens is 336 g/mol. The fourth-order valence-corrected chi connectivity index (χ4v) is 2.85. The van der Waals surface area contributed by atoms with Gasteiger partial charge in [0, 0.05) is 28.0 Å². The molecule has 3 nitrogen and oxygen atoms in total.